The molecule has 0 aliphatic carbocycles. The van der Waals surface area contributed by atoms with Gasteiger partial charge >= 0.3 is 5.97 Å². The molecule has 28 heavy (non-hydrogen) atoms. The van der Waals surface area contributed by atoms with Gasteiger partial charge in [-0.1, -0.05) is 18.2 Å². The van der Waals surface area contributed by atoms with Crippen LogP contribution in [0.3, 0.4) is 0 Å². The monoisotopic (exact) mass is 375 g/mol. The second-order valence-electron chi connectivity index (χ2n) is 6.31. The zero-order chi connectivity index (χ0) is 19.5. The molecule has 2 heterocycles. The Balaban J connectivity index is 1.63. The molecule has 5 nitrogen and oxygen atoms in total. The van der Waals surface area contributed by atoms with E-state index in [1.165, 1.54) is 6.20 Å². The Morgan fingerprint density at radius 1 is 1.11 bits per heavy atom. The van der Waals surface area contributed by atoms with Crippen LogP contribution >= 0.6 is 0 Å². The minimum Gasteiger partial charge on any atom is -0.466 e. The molecule has 0 saturated carbocycles. The fraction of sp³-hybridized carbons (Fsp3) is 0.136. The fourth-order valence-corrected chi connectivity index (χ4v) is 3.14. The van der Waals surface area contributed by atoms with Crippen molar-refractivity contribution in [3.63, 3.8) is 0 Å². The van der Waals surface area contributed by atoms with Crippen LogP contribution < -0.4 is 0 Å². The van der Waals surface area contributed by atoms with E-state index >= 15 is 0 Å². The molecule has 0 amide bonds. The topological polar surface area (TPSA) is 57.0 Å². The molecule has 0 aliphatic heterocycles. The number of esters is 1. The van der Waals surface area contributed by atoms with E-state index < -0.39 is 5.95 Å². The number of fused-ring (bicyclic) bond motifs is 1. The van der Waals surface area contributed by atoms with Crippen molar-refractivity contribution in [2.45, 2.75) is 13.3 Å². The largest absolute Gasteiger partial charge is 0.466 e. The van der Waals surface area contributed by atoms with Crippen LogP contribution in [0.4, 0.5) is 4.39 Å². The predicted molar refractivity (Wildman–Crippen MR) is 105 cm³/mol. The number of hydrogen-bond donors (Lipinski definition) is 0. The molecule has 4 aromatic rings. The van der Waals surface area contributed by atoms with E-state index in [0.717, 1.165) is 27.8 Å². The van der Waals surface area contributed by atoms with E-state index in [1.54, 1.807) is 25.4 Å². The number of aromatic nitrogens is 3. The SMILES string of the molecule is CCOC(=O)Cc1ccc(-n2cnc3cc(-c4cccnc4F)ccc32)cc1. The van der Waals surface area contributed by atoms with Gasteiger partial charge < -0.3 is 4.74 Å². The van der Waals surface area contributed by atoms with Crippen LogP contribution in [0.5, 0.6) is 0 Å². The molecule has 0 aliphatic rings. The maximum Gasteiger partial charge on any atom is 0.310 e. The number of hydrogen-bond acceptors (Lipinski definition) is 4. The minimum absolute atomic E-state index is 0.238. The van der Waals surface area contributed by atoms with Gasteiger partial charge in [0.2, 0.25) is 5.95 Å². The lowest BCUT2D eigenvalue weighted by Gasteiger charge is -2.07. The highest BCUT2D eigenvalue weighted by Gasteiger charge is 2.10. The second-order valence-corrected chi connectivity index (χ2v) is 6.31. The van der Waals surface area contributed by atoms with Crippen molar-refractivity contribution in [1.82, 2.24) is 14.5 Å². The molecule has 140 valence electrons. The molecule has 2 aromatic heterocycles. The minimum atomic E-state index is -0.501. The number of benzene rings is 2. The molecule has 0 bridgehead atoms. The van der Waals surface area contributed by atoms with Crippen molar-refractivity contribution >= 4 is 17.0 Å². The van der Waals surface area contributed by atoms with Gasteiger partial charge in [-0.05, 0) is 54.4 Å². The molecule has 0 radical (unpaired) electrons. The van der Waals surface area contributed by atoms with Crippen LogP contribution in [0, 0.1) is 5.95 Å². The molecule has 0 unspecified atom stereocenters. The van der Waals surface area contributed by atoms with Gasteiger partial charge in [0, 0.05) is 17.4 Å². The smallest absolute Gasteiger partial charge is 0.310 e. The molecule has 6 heteroatoms. The second kappa shape index (κ2) is 7.60. The van der Waals surface area contributed by atoms with Crippen LogP contribution in [0.15, 0.2) is 67.1 Å². The molecular formula is C22H18FN3O2. The Bertz CT molecular complexity index is 1140. The first-order chi connectivity index (χ1) is 13.7. The lowest BCUT2D eigenvalue weighted by Crippen LogP contribution is -2.07. The van der Waals surface area contributed by atoms with Crippen molar-refractivity contribution < 1.29 is 13.9 Å². The normalized spacial score (nSPS) is 10.9. The first-order valence-electron chi connectivity index (χ1n) is 8.98. The number of pyridine rings is 1. The fourth-order valence-electron chi connectivity index (χ4n) is 3.14. The number of halogens is 1. The number of ether oxygens (including phenoxy) is 1. The average Bonchev–Trinajstić information content (AvgIpc) is 3.12. The molecular weight excluding hydrogens is 357 g/mol. The summed E-state index contributed by atoms with van der Waals surface area (Å²) in [5, 5.41) is 0. The summed E-state index contributed by atoms with van der Waals surface area (Å²) in [7, 11) is 0. The van der Waals surface area contributed by atoms with Crippen LogP contribution in [0.25, 0.3) is 27.8 Å². The van der Waals surface area contributed by atoms with Gasteiger partial charge in [0.25, 0.3) is 0 Å². The molecule has 0 spiro atoms. The predicted octanol–water partition coefficient (Wildman–Crippen LogP) is 4.33. The Hall–Kier alpha value is -3.54. The summed E-state index contributed by atoms with van der Waals surface area (Å²) in [6.45, 7) is 2.17. The zero-order valence-electron chi connectivity index (χ0n) is 15.3. The third-order valence-electron chi connectivity index (χ3n) is 4.49. The quantitative estimate of drug-likeness (QED) is 0.385. The van der Waals surface area contributed by atoms with E-state index in [0.29, 0.717) is 12.2 Å². The van der Waals surface area contributed by atoms with Gasteiger partial charge in [0.05, 0.1) is 24.1 Å². The lowest BCUT2D eigenvalue weighted by molar-refractivity contribution is -0.142. The van der Waals surface area contributed by atoms with Crippen LogP contribution in [0.1, 0.15) is 12.5 Å². The standard InChI is InChI=1S/C22H18FN3O2/c1-2-28-21(27)12-15-5-8-17(9-6-15)26-14-25-19-13-16(7-10-20(19)26)18-4-3-11-24-22(18)23/h3-11,13-14H,2,12H2,1H3. The number of imidazole rings is 1. The van der Waals surface area contributed by atoms with Crippen molar-refractivity contribution in [2.75, 3.05) is 6.61 Å². The van der Waals surface area contributed by atoms with Gasteiger partial charge in [0.1, 0.15) is 6.33 Å². The Morgan fingerprint density at radius 3 is 2.68 bits per heavy atom. The summed E-state index contributed by atoms with van der Waals surface area (Å²) in [6.07, 6.45) is 3.41. The molecule has 0 atom stereocenters. The van der Waals surface area contributed by atoms with Gasteiger partial charge in [-0.25, -0.2) is 9.97 Å². The summed E-state index contributed by atoms with van der Waals surface area (Å²) in [5.41, 5.74) is 4.66. The number of carbonyl (C=O) groups excluding carboxylic acids is 1. The van der Waals surface area contributed by atoms with Gasteiger partial charge in [-0.3, -0.25) is 9.36 Å². The Kier molecular flexibility index (Phi) is 4.85. The summed E-state index contributed by atoms with van der Waals surface area (Å²) in [5.74, 6) is -0.739. The van der Waals surface area contributed by atoms with Gasteiger partial charge in [-0.15, -0.1) is 0 Å². The summed E-state index contributed by atoms with van der Waals surface area (Å²) >= 11 is 0. The third-order valence-corrected chi connectivity index (χ3v) is 4.49. The van der Waals surface area contributed by atoms with Crippen LogP contribution in [-0.4, -0.2) is 27.1 Å². The molecule has 0 saturated heterocycles. The van der Waals surface area contributed by atoms with E-state index in [1.807, 2.05) is 47.0 Å². The zero-order valence-corrected chi connectivity index (χ0v) is 15.3. The van der Waals surface area contributed by atoms with Crippen molar-refractivity contribution in [3.8, 4) is 16.8 Å². The highest BCUT2D eigenvalue weighted by atomic mass is 19.1. The van der Waals surface area contributed by atoms with Crippen molar-refractivity contribution in [1.29, 1.82) is 0 Å². The Labute approximate surface area is 161 Å². The molecule has 0 N–H and O–H groups in total. The number of nitrogens with zero attached hydrogens (tertiary/aromatic N) is 3. The van der Waals surface area contributed by atoms with Gasteiger partial charge in [-0.2, -0.15) is 4.39 Å². The Morgan fingerprint density at radius 2 is 1.93 bits per heavy atom. The average molecular weight is 375 g/mol. The maximum absolute atomic E-state index is 14.0. The first kappa shape index (κ1) is 17.9. The summed E-state index contributed by atoms with van der Waals surface area (Å²) in [6, 6.07) is 16.7. The molecule has 2 aromatic carbocycles. The lowest BCUT2D eigenvalue weighted by atomic mass is 10.1. The van der Waals surface area contributed by atoms with E-state index in [9.17, 15) is 9.18 Å². The highest BCUT2D eigenvalue weighted by molar-refractivity contribution is 5.83. The van der Waals surface area contributed by atoms with Crippen molar-refractivity contribution in [3.05, 3.63) is 78.6 Å². The van der Waals surface area contributed by atoms with E-state index in [2.05, 4.69) is 9.97 Å². The number of carbonyl (C=O) groups is 1. The maximum atomic E-state index is 14.0. The third kappa shape index (κ3) is 3.49. The molecule has 4 rings (SSSR count). The van der Waals surface area contributed by atoms with Crippen LogP contribution in [0.2, 0.25) is 0 Å². The van der Waals surface area contributed by atoms with Crippen LogP contribution in [-0.2, 0) is 16.0 Å². The van der Waals surface area contributed by atoms with Gasteiger partial charge in [0.15, 0.2) is 0 Å². The number of rotatable bonds is 5. The van der Waals surface area contributed by atoms with E-state index in [-0.39, 0.29) is 12.4 Å². The first-order valence-corrected chi connectivity index (χ1v) is 8.98. The summed E-state index contributed by atoms with van der Waals surface area (Å²) in [4.78, 5) is 19.8. The van der Waals surface area contributed by atoms with E-state index in [4.69, 9.17) is 4.74 Å². The van der Waals surface area contributed by atoms with Crippen molar-refractivity contribution in [2.24, 2.45) is 0 Å². The molecule has 0 fully saturated rings. The summed E-state index contributed by atoms with van der Waals surface area (Å²) < 4.78 is 20.9. The highest BCUT2D eigenvalue weighted by Crippen LogP contribution is 2.26.